The lowest BCUT2D eigenvalue weighted by molar-refractivity contribution is 0.0343. The summed E-state index contributed by atoms with van der Waals surface area (Å²) in [5, 5.41) is 0. The lowest BCUT2D eigenvalue weighted by Crippen LogP contribution is -2.49. The lowest BCUT2D eigenvalue weighted by Gasteiger charge is -2.40. The average molecular weight is 313 g/mol. The first kappa shape index (κ1) is 20.9. The van der Waals surface area contributed by atoms with Crippen molar-refractivity contribution in [2.75, 3.05) is 26.2 Å². The number of hydrogen-bond donors (Lipinski definition) is 0. The molecule has 0 unspecified atom stereocenters. The monoisotopic (exact) mass is 312 g/mol. The van der Waals surface area contributed by atoms with Crippen LogP contribution < -0.4 is 0 Å². The summed E-state index contributed by atoms with van der Waals surface area (Å²) in [7, 11) is 0.0104. The first-order chi connectivity index (χ1) is 10.2. The molecule has 0 aliphatic rings. The summed E-state index contributed by atoms with van der Waals surface area (Å²) in [5.41, 5.74) is 2.20. The van der Waals surface area contributed by atoms with Crippen molar-refractivity contribution in [1.82, 2.24) is 9.80 Å². The highest BCUT2D eigenvalue weighted by Crippen LogP contribution is 2.16. The smallest absolute Gasteiger partial charge is 0.0622 e. The predicted octanol–water partition coefficient (Wildman–Crippen LogP) is 4.07. The SMILES string of the molecule is C=C[SiH2]CCCC(N(CCC)CCC)N(CCC)CCC. The fourth-order valence-corrected chi connectivity index (χ4v) is 4.05. The van der Waals surface area contributed by atoms with Gasteiger partial charge in [-0.2, -0.15) is 0 Å². The van der Waals surface area contributed by atoms with E-state index in [4.69, 9.17) is 0 Å². The van der Waals surface area contributed by atoms with E-state index in [1.165, 1.54) is 70.7 Å². The van der Waals surface area contributed by atoms with Crippen LogP contribution in [0.4, 0.5) is 0 Å². The number of hydrogen-bond acceptors (Lipinski definition) is 2. The third-order valence-corrected chi connectivity index (χ3v) is 5.32. The summed E-state index contributed by atoms with van der Waals surface area (Å²) in [6, 6.07) is 1.43. The largest absolute Gasteiger partial charge is 0.288 e. The summed E-state index contributed by atoms with van der Waals surface area (Å²) in [5.74, 6) is 0. The summed E-state index contributed by atoms with van der Waals surface area (Å²) < 4.78 is 0. The summed E-state index contributed by atoms with van der Waals surface area (Å²) >= 11 is 0. The van der Waals surface area contributed by atoms with E-state index < -0.39 is 0 Å². The molecule has 3 heteroatoms. The Balaban J connectivity index is 4.76. The van der Waals surface area contributed by atoms with Crippen LogP contribution in [0.5, 0.6) is 0 Å². The maximum atomic E-state index is 3.91. The number of rotatable bonds is 15. The number of nitrogens with zero attached hydrogens (tertiary/aromatic N) is 2. The molecule has 0 bridgehead atoms. The van der Waals surface area contributed by atoms with E-state index in [2.05, 4.69) is 49.8 Å². The highest BCUT2D eigenvalue weighted by molar-refractivity contribution is 6.41. The third-order valence-electron chi connectivity index (χ3n) is 4.01. The molecule has 0 radical (unpaired) electrons. The van der Waals surface area contributed by atoms with Gasteiger partial charge in [-0.05, 0) is 58.3 Å². The molecule has 0 aromatic heterocycles. The van der Waals surface area contributed by atoms with Crippen LogP contribution in [0.1, 0.15) is 66.2 Å². The molecule has 0 amide bonds. The van der Waals surface area contributed by atoms with Gasteiger partial charge in [-0.3, -0.25) is 9.80 Å². The van der Waals surface area contributed by atoms with E-state index in [0.717, 1.165) is 0 Å². The topological polar surface area (TPSA) is 6.48 Å². The van der Waals surface area contributed by atoms with E-state index in [0.29, 0.717) is 6.17 Å². The maximum Gasteiger partial charge on any atom is 0.0622 e. The van der Waals surface area contributed by atoms with Crippen molar-refractivity contribution in [3.05, 3.63) is 12.3 Å². The fraction of sp³-hybridized carbons (Fsp3) is 0.889. The second-order valence-electron chi connectivity index (χ2n) is 6.13. The zero-order chi connectivity index (χ0) is 15.9. The second-order valence-corrected chi connectivity index (χ2v) is 7.99. The van der Waals surface area contributed by atoms with Crippen LogP contribution in [0.15, 0.2) is 12.3 Å². The Bertz CT molecular complexity index is 205. The van der Waals surface area contributed by atoms with E-state index in [-0.39, 0.29) is 9.52 Å². The van der Waals surface area contributed by atoms with E-state index >= 15 is 0 Å². The molecular formula is C18H40N2Si. The molecule has 0 saturated carbocycles. The van der Waals surface area contributed by atoms with Gasteiger partial charge in [0.25, 0.3) is 0 Å². The van der Waals surface area contributed by atoms with Crippen molar-refractivity contribution in [3.8, 4) is 0 Å². The van der Waals surface area contributed by atoms with Gasteiger partial charge in [-0.15, -0.1) is 12.3 Å². The third kappa shape index (κ3) is 9.49. The van der Waals surface area contributed by atoms with Crippen molar-refractivity contribution in [1.29, 1.82) is 0 Å². The molecule has 0 fully saturated rings. The van der Waals surface area contributed by atoms with Gasteiger partial charge in [0, 0.05) is 9.52 Å². The van der Waals surface area contributed by atoms with Crippen LogP contribution in [-0.2, 0) is 0 Å². The van der Waals surface area contributed by atoms with Gasteiger partial charge >= 0.3 is 0 Å². The second kappa shape index (κ2) is 14.8. The van der Waals surface area contributed by atoms with Gasteiger partial charge in [0.1, 0.15) is 0 Å². The normalized spacial score (nSPS) is 12.3. The first-order valence-corrected chi connectivity index (χ1v) is 11.2. The van der Waals surface area contributed by atoms with Crippen molar-refractivity contribution in [2.45, 2.75) is 78.4 Å². The molecule has 0 N–H and O–H groups in total. The highest BCUT2D eigenvalue weighted by Gasteiger charge is 2.22. The standard InChI is InChI=1S/C18H40N2Si/c1-6-13-19(14-7-2)18(12-11-17-21-10-5)20(15-8-3)16-9-4/h10,18H,5-9,11-17,21H2,1-4H3. The van der Waals surface area contributed by atoms with Crippen LogP contribution in [0.2, 0.25) is 6.04 Å². The Morgan fingerprint density at radius 1 is 0.857 bits per heavy atom. The van der Waals surface area contributed by atoms with Crippen LogP contribution in [-0.4, -0.2) is 51.7 Å². The Hall–Kier alpha value is -0.123. The molecule has 126 valence electrons. The highest BCUT2D eigenvalue weighted by atomic mass is 28.2. The summed E-state index contributed by atoms with van der Waals surface area (Å²) in [6.45, 7) is 18.2. The van der Waals surface area contributed by atoms with Crippen molar-refractivity contribution in [2.24, 2.45) is 0 Å². The zero-order valence-corrected chi connectivity index (χ0v) is 16.7. The Morgan fingerprint density at radius 3 is 1.62 bits per heavy atom. The molecule has 0 rings (SSSR count). The molecule has 0 saturated heterocycles. The van der Waals surface area contributed by atoms with Gasteiger partial charge in [0.15, 0.2) is 0 Å². The van der Waals surface area contributed by atoms with E-state index in [9.17, 15) is 0 Å². The molecule has 21 heavy (non-hydrogen) atoms. The van der Waals surface area contributed by atoms with Gasteiger partial charge in [-0.25, -0.2) is 0 Å². The maximum absolute atomic E-state index is 3.91. The molecular weight excluding hydrogens is 272 g/mol. The zero-order valence-electron chi connectivity index (χ0n) is 15.2. The Kier molecular flexibility index (Phi) is 14.7. The van der Waals surface area contributed by atoms with Gasteiger partial charge < -0.3 is 0 Å². The minimum atomic E-state index is 0.0104. The fourth-order valence-electron chi connectivity index (χ4n) is 3.18. The molecule has 0 atom stereocenters. The minimum Gasteiger partial charge on any atom is -0.288 e. The van der Waals surface area contributed by atoms with Crippen LogP contribution in [0, 0.1) is 0 Å². The van der Waals surface area contributed by atoms with Crippen molar-refractivity contribution >= 4 is 9.52 Å². The van der Waals surface area contributed by atoms with Crippen LogP contribution in [0.25, 0.3) is 0 Å². The average Bonchev–Trinajstić information content (AvgIpc) is 2.47. The van der Waals surface area contributed by atoms with Crippen molar-refractivity contribution in [3.63, 3.8) is 0 Å². The summed E-state index contributed by atoms with van der Waals surface area (Å²) in [6.07, 6.45) is 8.48. The Morgan fingerprint density at radius 2 is 1.29 bits per heavy atom. The van der Waals surface area contributed by atoms with Crippen LogP contribution in [0.3, 0.4) is 0 Å². The summed E-state index contributed by atoms with van der Waals surface area (Å²) in [4.78, 5) is 5.50. The van der Waals surface area contributed by atoms with E-state index in [1.54, 1.807) is 0 Å². The molecule has 0 spiro atoms. The molecule has 0 aliphatic heterocycles. The molecule has 0 aromatic carbocycles. The minimum absolute atomic E-state index is 0.0104. The van der Waals surface area contributed by atoms with Crippen molar-refractivity contribution < 1.29 is 0 Å². The molecule has 0 aromatic rings. The van der Waals surface area contributed by atoms with Gasteiger partial charge in [0.05, 0.1) is 6.17 Å². The van der Waals surface area contributed by atoms with E-state index in [1.807, 2.05) is 0 Å². The lowest BCUT2D eigenvalue weighted by atomic mass is 10.1. The quantitative estimate of drug-likeness (QED) is 0.255. The van der Waals surface area contributed by atoms with Gasteiger partial charge in [0.2, 0.25) is 0 Å². The molecule has 2 nitrogen and oxygen atoms in total. The molecule has 0 aliphatic carbocycles. The predicted molar refractivity (Wildman–Crippen MR) is 101 cm³/mol. The van der Waals surface area contributed by atoms with Crippen LogP contribution >= 0.6 is 0 Å². The Labute approximate surface area is 136 Å². The first-order valence-electron chi connectivity index (χ1n) is 9.33. The van der Waals surface area contributed by atoms with Gasteiger partial charge in [-0.1, -0.05) is 40.2 Å². The molecule has 0 heterocycles.